The van der Waals surface area contributed by atoms with Gasteiger partial charge in [0.1, 0.15) is 6.54 Å². The quantitative estimate of drug-likeness (QED) is 0.678. The summed E-state index contributed by atoms with van der Waals surface area (Å²) in [5.74, 6) is -1.55. The number of ketones is 1. The molecule has 1 aromatic carbocycles. The van der Waals surface area contributed by atoms with Gasteiger partial charge in [-0.05, 0) is 18.4 Å². The lowest BCUT2D eigenvalue weighted by atomic mass is 9.89. The predicted molar refractivity (Wildman–Crippen MR) is 84.5 cm³/mol. The van der Waals surface area contributed by atoms with Crippen molar-refractivity contribution < 1.29 is 24.3 Å². The molecule has 0 aromatic heterocycles. The number of Topliss-reactive ketones (excluding diaryl/α,β-unsaturated/α-hetero) is 1. The molecule has 1 aromatic rings. The van der Waals surface area contributed by atoms with Gasteiger partial charge in [0, 0.05) is 6.42 Å². The van der Waals surface area contributed by atoms with Gasteiger partial charge in [0.15, 0.2) is 11.4 Å². The van der Waals surface area contributed by atoms with Crippen LogP contribution in [0.25, 0.3) is 0 Å². The minimum atomic E-state index is -1.80. The summed E-state index contributed by atoms with van der Waals surface area (Å²) >= 11 is 0. The molecule has 0 heterocycles. The Morgan fingerprint density at radius 3 is 2.23 bits per heavy atom. The van der Waals surface area contributed by atoms with E-state index in [2.05, 4.69) is 0 Å². The van der Waals surface area contributed by atoms with Gasteiger partial charge in [-0.3, -0.25) is 9.59 Å². The first kappa shape index (κ1) is 18.3. The third-order valence-corrected chi connectivity index (χ3v) is 3.41. The molecule has 1 atom stereocenters. The number of rotatable bonds is 9. The minimum Gasteiger partial charge on any atom is -0.481 e. The van der Waals surface area contributed by atoms with E-state index in [9.17, 15) is 14.7 Å². The smallest absolute Gasteiger partial charge is 0.306 e. The molecule has 0 aliphatic heterocycles. The number of likely N-dealkylation sites (N-methyl/N-ethyl adjacent to an activating group) is 1. The van der Waals surface area contributed by atoms with Crippen molar-refractivity contribution in [3.05, 3.63) is 35.9 Å². The molecular weight excluding hydrogens is 282 g/mol. The van der Waals surface area contributed by atoms with Crippen LogP contribution in [0.1, 0.15) is 24.8 Å². The molecule has 0 amide bonds. The standard InChI is InChI=1S/C17H25NO4/c1-18(2,3)13-17(22,12-16(20)21)15(19)11-7-10-14-8-5-4-6-9-14/h4-6,8-9,22H,7,10-13H2,1-3H3/p+1. The van der Waals surface area contributed by atoms with E-state index < -0.39 is 18.0 Å². The van der Waals surface area contributed by atoms with Crippen molar-refractivity contribution in [2.45, 2.75) is 31.3 Å². The summed E-state index contributed by atoms with van der Waals surface area (Å²) in [4.78, 5) is 23.3. The molecule has 5 nitrogen and oxygen atoms in total. The number of aryl methyl sites for hydroxylation is 1. The summed E-state index contributed by atoms with van der Waals surface area (Å²) in [7, 11) is 5.47. The first-order chi connectivity index (χ1) is 10.1. The highest BCUT2D eigenvalue weighted by Gasteiger charge is 2.42. The van der Waals surface area contributed by atoms with Gasteiger partial charge in [0.25, 0.3) is 0 Å². The number of hydrogen-bond acceptors (Lipinski definition) is 3. The fourth-order valence-corrected chi connectivity index (χ4v) is 2.61. The van der Waals surface area contributed by atoms with Gasteiger partial charge in [-0.25, -0.2) is 0 Å². The van der Waals surface area contributed by atoms with Gasteiger partial charge >= 0.3 is 5.97 Å². The number of benzene rings is 1. The second kappa shape index (κ2) is 7.51. The highest BCUT2D eigenvalue weighted by atomic mass is 16.4. The maximum absolute atomic E-state index is 12.3. The molecule has 5 heteroatoms. The Bertz CT molecular complexity index is 507. The molecule has 1 rings (SSSR count). The fraction of sp³-hybridized carbons (Fsp3) is 0.529. The summed E-state index contributed by atoms with van der Waals surface area (Å²) in [5.41, 5.74) is -0.676. The van der Waals surface area contributed by atoms with E-state index in [0.717, 1.165) is 12.0 Å². The molecule has 1 unspecified atom stereocenters. The van der Waals surface area contributed by atoms with Crippen molar-refractivity contribution in [1.29, 1.82) is 0 Å². The van der Waals surface area contributed by atoms with Crippen LogP contribution in [0.5, 0.6) is 0 Å². The van der Waals surface area contributed by atoms with Gasteiger partial charge in [-0.15, -0.1) is 0 Å². The van der Waals surface area contributed by atoms with Crippen LogP contribution in [0.3, 0.4) is 0 Å². The average Bonchev–Trinajstić information content (AvgIpc) is 2.36. The molecule has 0 aliphatic carbocycles. The number of nitrogens with zero attached hydrogens (tertiary/aromatic N) is 1. The topological polar surface area (TPSA) is 74.6 Å². The van der Waals surface area contributed by atoms with Crippen molar-refractivity contribution in [1.82, 2.24) is 0 Å². The van der Waals surface area contributed by atoms with Gasteiger partial charge < -0.3 is 14.7 Å². The molecule has 0 fully saturated rings. The van der Waals surface area contributed by atoms with E-state index in [1.165, 1.54) is 0 Å². The van der Waals surface area contributed by atoms with E-state index in [0.29, 0.717) is 10.9 Å². The molecule has 0 radical (unpaired) electrons. The molecule has 122 valence electrons. The maximum Gasteiger partial charge on any atom is 0.306 e. The third-order valence-electron chi connectivity index (χ3n) is 3.41. The summed E-state index contributed by atoms with van der Waals surface area (Å²) in [6, 6.07) is 9.78. The normalized spacial score (nSPS) is 14.4. The molecule has 0 saturated carbocycles. The summed E-state index contributed by atoms with van der Waals surface area (Å²) in [5, 5.41) is 19.5. The van der Waals surface area contributed by atoms with Gasteiger partial charge in [0.05, 0.1) is 27.6 Å². The van der Waals surface area contributed by atoms with Crippen LogP contribution in [-0.2, 0) is 16.0 Å². The molecule has 22 heavy (non-hydrogen) atoms. The second-order valence-corrected chi connectivity index (χ2v) is 6.81. The molecule has 2 N–H and O–H groups in total. The monoisotopic (exact) mass is 308 g/mol. The number of hydrogen-bond donors (Lipinski definition) is 2. The van der Waals surface area contributed by atoms with Crippen LogP contribution in [0.2, 0.25) is 0 Å². The van der Waals surface area contributed by atoms with E-state index in [1.807, 2.05) is 51.5 Å². The van der Waals surface area contributed by atoms with Crippen LogP contribution < -0.4 is 0 Å². The highest BCUT2D eigenvalue weighted by Crippen LogP contribution is 2.19. The molecule has 0 aliphatic rings. The van der Waals surface area contributed by atoms with Crippen LogP contribution >= 0.6 is 0 Å². The number of carbonyl (C=O) groups excluding carboxylic acids is 1. The Morgan fingerprint density at radius 1 is 1.14 bits per heavy atom. The zero-order chi connectivity index (χ0) is 16.8. The Morgan fingerprint density at radius 2 is 1.73 bits per heavy atom. The zero-order valence-corrected chi connectivity index (χ0v) is 13.6. The molecule has 0 bridgehead atoms. The third kappa shape index (κ3) is 6.37. The van der Waals surface area contributed by atoms with Crippen LogP contribution in [0.15, 0.2) is 30.3 Å². The Hall–Kier alpha value is -1.72. The van der Waals surface area contributed by atoms with Crippen LogP contribution in [0.4, 0.5) is 0 Å². The van der Waals surface area contributed by atoms with Crippen molar-refractivity contribution in [3.8, 4) is 0 Å². The lowest BCUT2D eigenvalue weighted by Gasteiger charge is -2.33. The number of aliphatic carboxylic acids is 1. The van der Waals surface area contributed by atoms with E-state index in [-0.39, 0.29) is 18.7 Å². The SMILES string of the molecule is C[N+](C)(C)CC(O)(CC(=O)O)C(=O)CCCc1ccccc1. The average molecular weight is 308 g/mol. The van der Waals surface area contributed by atoms with E-state index in [1.54, 1.807) is 0 Å². The summed E-state index contributed by atoms with van der Waals surface area (Å²) in [6.07, 6.45) is 0.966. The van der Waals surface area contributed by atoms with Crippen LogP contribution in [-0.4, -0.2) is 59.7 Å². The first-order valence-corrected chi connectivity index (χ1v) is 7.44. The number of quaternary nitrogens is 1. The van der Waals surface area contributed by atoms with Crippen molar-refractivity contribution in [2.24, 2.45) is 0 Å². The lowest BCUT2D eigenvalue weighted by molar-refractivity contribution is -0.875. The zero-order valence-electron chi connectivity index (χ0n) is 13.6. The highest BCUT2D eigenvalue weighted by molar-refractivity contribution is 5.91. The summed E-state index contributed by atoms with van der Waals surface area (Å²) < 4.78 is 0.328. The fourth-order valence-electron chi connectivity index (χ4n) is 2.61. The maximum atomic E-state index is 12.3. The Kier molecular flexibility index (Phi) is 6.26. The molecule has 0 saturated heterocycles. The number of carbonyl (C=O) groups is 2. The number of carboxylic acids is 1. The largest absolute Gasteiger partial charge is 0.481 e. The summed E-state index contributed by atoms with van der Waals surface area (Å²) in [6.45, 7) is 0.0868. The van der Waals surface area contributed by atoms with Gasteiger partial charge in [-0.2, -0.15) is 0 Å². The first-order valence-electron chi connectivity index (χ1n) is 7.44. The Labute approximate surface area is 131 Å². The Balaban J connectivity index is 2.65. The van der Waals surface area contributed by atoms with E-state index in [4.69, 9.17) is 5.11 Å². The van der Waals surface area contributed by atoms with Crippen LogP contribution in [0, 0.1) is 0 Å². The van der Waals surface area contributed by atoms with Crippen molar-refractivity contribution in [2.75, 3.05) is 27.7 Å². The molecular formula is C17H26NO4+. The number of aliphatic hydroxyl groups is 1. The molecule has 0 spiro atoms. The minimum absolute atomic E-state index is 0.0868. The van der Waals surface area contributed by atoms with Crippen molar-refractivity contribution >= 4 is 11.8 Å². The van der Waals surface area contributed by atoms with Crippen molar-refractivity contribution in [3.63, 3.8) is 0 Å². The van der Waals surface area contributed by atoms with E-state index >= 15 is 0 Å². The second-order valence-electron chi connectivity index (χ2n) is 6.81. The number of carboxylic acid groups (broad SMARTS) is 1. The predicted octanol–water partition coefficient (Wildman–Crippen LogP) is 1.49. The lowest BCUT2D eigenvalue weighted by Crippen LogP contribution is -2.54. The van der Waals surface area contributed by atoms with Gasteiger partial charge in [-0.1, -0.05) is 30.3 Å². The van der Waals surface area contributed by atoms with Gasteiger partial charge in [0.2, 0.25) is 0 Å².